The molecule has 0 amide bonds. The molecular formula is C15H12O2S. The molecule has 2 aromatic rings. The van der Waals surface area contributed by atoms with Crippen LogP contribution in [0.25, 0.3) is 0 Å². The fourth-order valence-corrected chi connectivity index (χ4v) is 2.56. The van der Waals surface area contributed by atoms with E-state index in [4.69, 9.17) is 9.47 Å². The van der Waals surface area contributed by atoms with E-state index in [1.165, 1.54) is 0 Å². The number of thiophene rings is 1. The molecule has 90 valence electrons. The van der Waals surface area contributed by atoms with Crippen molar-refractivity contribution in [3.8, 4) is 11.8 Å². The Kier molecular flexibility index (Phi) is 3.42. The summed E-state index contributed by atoms with van der Waals surface area (Å²) in [6, 6.07) is 12.0. The van der Waals surface area contributed by atoms with Gasteiger partial charge in [0.25, 0.3) is 0 Å². The molecule has 0 aliphatic carbocycles. The standard InChI is InChI=1S/C15H12O2S/c1-2-4-12(5-3-1)6-7-13-10-14(18-11-13)15-16-8-9-17-15/h1-5,10-11,15H,8-9H2. The molecule has 0 saturated carbocycles. The van der Waals surface area contributed by atoms with Crippen LogP contribution in [0.4, 0.5) is 0 Å². The molecule has 1 fully saturated rings. The fraction of sp³-hybridized carbons (Fsp3) is 0.200. The Hall–Kier alpha value is -1.60. The average molecular weight is 256 g/mol. The van der Waals surface area contributed by atoms with E-state index in [2.05, 4.69) is 11.8 Å². The van der Waals surface area contributed by atoms with Crippen molar-refractivity contribution < 1.29 is 9.47 Å². The van der Waals surface area contributed by atoms with Gasteiger partial charge in [0.2, 0.25) is 0 Å². The molecule has 0 N–H and O–H groups in total. The predicted molar refractivity (Wildman–Crippen MR) is 71.4 cm³/mol. The van der Waals surface area contributed by atoms with Crippen molar-refractivity contribution in [2.75, 3.05) is 13.2 Å². The Morgan fingerprint density at radius 1 is 1.00 bits per heavy atom. The summed E-state index contributed by atoms with van der Waals surface area (Å²) in [5, 5.41) is 2.04. The second kappa shape index (κ2) is 5.36. The van der Waals surface area contributed by atoms with Crippen LogP contribution in [0.5, 0.6) is 0 Å². The number of hydrogen-bond donors (Lipinski definition) is 0. The molecule has 3 heteroatoms. The zero-order chi connectivity index (χ0) is 12.2. The van der Waals surface area contributed by atoms with Crippen molar-refractivity contribution in [1.82, 2.24) is 0 Å². The molecule has 0 atom stereocenters. The van der Waals surface area contributed by atoms with E-state index in [1.807, 2.05) is 41.8 Å². The number of ether oxygens (including phenoxy) is 2. The van der Waals surface area contributed by atoms with Gasteiger partial charge in [-0.05, 0) is 18.2 Å². The van der Waals surface area contributed by atoms with E-state index in [1.54, 1.807) is 11.3 Å². The van der Waals surface area contributed by atoms with Gasteiger partial charge in [-0.25, -0.2) is 0 Å². The highest BCUT2D eigenvalue weighted by molar-refractivity contribution is 7.10. The summed E-state index contributed by atoms with van der Waals surface area (Å²) in [5.41, 5.74) is 2.04. The van der Waals surface area contributed by atoms with Crippen LogP contribution in [0, 0.1) is 11.8 Å². The zero-order valence-corrected chi connectivity index (χ0v) is 10.6. The monoisotopic (exact) mass is 256 g/mol. The molecular weight excluding hydrogens is 244 g/mol. The second-order valence-electron chi connectivity index (χ2n) is 3.93. The largest absolute Gasteiger partial charge is 0.345 e. The number of hydrogen-bond acceptors (Lipinski definition) is 3. The molecule has 0 bridgehead atoms. The van der Waals surface area contributed by atoms with Gasteiger partial charge < -0.3 is 9.47 Å². The maximum atomic E-state index is 5.46. The van der Waals surface area contributed by atoms with Gasteiger partial charge in [0, 0.05) is 16.5 Å². The van der Waals surface area contributed by atoms with Crippen LogP contribution in [0.15, 0.2) is 41.8 Å². The van der Waals surface area contributed by atoms with Crippen LogP contribution in [0.2, 0.25) is 0 Å². The Labute approximate surface area is 110 Å². The van der Waals surface area contributed by atoms with E-state index < -0.39 is 0 Å². The first-order valence-corrected chi connectivity index (χ1v) is 6.68. The minimum absolute atomic E-state index is 0.192. The van der Waals surface area contributed by atoms with Crippen molar-refractivity contribution in [2.45, 2.75) is 6.29 Å². The second-order valence-corrected chi connectivity index (χ2v) is 4.87. The molecule has 1 aromatic heterocycles. The minimum atomic E-state index is -0.192. The van der Waals surface area contributed by atoms with Gasteiger partial charge in [0.15, 0.2) is 6.29 Å². The summed E-state index contributed by atoms with van der Waals surface area (Å²) in [4.78, 5) is 1.09. The fourth-order valence-electron chi connectivity index (χ4n) is 1.73. The molecule has 1 aromatic carbocycles. The van der Waals surface area contributed by atoms with Crippen LogP contribution in [-0.4, -0.2) is 13.2 Å². The van der Waals surface area contributed by atoms with E-state index in [9.17, 15) is 0 Å². The van der Waals surface area contributed by atoms with E-state index in [-0.39, 0.29) is 6.29 Å². The van der Waals surface area contributed by atoms with Crippen LogP contribution < -0.4 is 0 Å². The Bertz CT molecular complexity index is 571. The molecule has 3 rings (SSSR count). The SMILES string of the molecule is C(#Cc1csc(C2OCCO2)c1)c1ccccc1. The molecule has 1 saturated heterocycles. The van der Waals surface area contributed by atoms with Crippen LogP contribution in [-0.2, 0) is 9.47 Å². The van der Waals surface area contributed by atoms with Crippen molar-refractivity contribution in [2.24, 2.45) is 0 Å². The molecule has 18 heavy (non-hydrogen) atoms. The normalized spacial score (nSPS) is 15.3. The summed E-state index contributed by atoms with van der Waals surface area (Å²) in [5.74, 6) is 6.29. The zero-order valence-electron chi connectivity index (χ0n) is 9.76. The third-order valence-corrected chi connectivity index (χ3v) is 3.55. The van der Waals surface area contributed by atoms with E-state index >= 15 is 0 Å². The van der Waals surface area contributed by atoms with Gasteiger partial charge in [0.1, 0.15) is 0 Å². The maximum Gasteiger partial charge on any atom is 0.193 e. The first kappa shape index (κ1) is 11.5. The third-order valence-electron chi connectivity index (χ3n) is 2.60. The number of benzene rings is 1. The van der Waals surface area contributed by atoms with Crippen LogP contribution in [0.3, 0.4) is 0 Å². The quantitative estimate of drug-likeness (QED) is 0.729. The van der Waals surface area contributed by atoms with Gasteiger partial charge in [-0.15, -0.1) is 11.3 Å². The van der Waals surface area contributed by atoms with Gasteiger partial charge in [-0.2, -0.15) is 0 Å². The molecule has 1 aliphatic heterocycles. The molecule has 0 unspecified atom stereocenters. The van der Waals surface area contributed by atoms with E-state index in [0.29, 0.717) is 13.2 Å². The van der Waals surface area contributed by atoms with Crippen molar-refractivity contribution >= 4 is 11.3 Å². The van der Waals surface area contributed by atoms with Crippen LogP contribution >= 0.6 is 11.3 Å². The van der Waals surface area contributed by atoms with E-state index in [0.717, 1.165) is 16.0 Å². The van der Waals surface area contributed by atoms with Gasteiger partial charge in [0.05, 0.1) is 18.1 Å². The first-order chi connectivity index (χ1) is 8.92. The lowest BCUT2D eigenvalue weighted by molar-refractivity contribution is -0.0413. The summed E-state index contributed by atoms with van der Waals surface area (Å²) >= 11 is 1.63. The molecule has 2 nitrogen and oxygen atoms in total. The molecule has 0 radical (unpaired) electrons. The smallest absolute Gasteiger partial charge is 0.193 e. The van der Waals surface area contributed by atoms with Crippen LogP contribution in [0.1, 0.15) is 22.3 Å². The molecule has 0 spiro atoms. The lowest BCUT2D eigenvalue weighted by atomic mass is 10.2. The highest BCUT2D eigenvalue weighted by Crippen LogP contribution is 2.28. The molecule has 2 heterocycles. The first-order valence-electron chi connectivity index (χ1n) is 5.80. The summed E-state index contributed by atoms with van der Waals surface area (Å²) in [6.07, 6.45) is -0.192. The van der Waals surface area contributed by atoms with Crippen molar-refractivity contribution in [1.29, 1.82) is 0 Å². The summed E-state index contributed by atoms with van der Waals surface area (Å²) in [6.45, 7) is 1.35. The summed E-state index contributed by atoms with van der Waals surface area (Å²) < 4.78 is 10.9. The van der Waals surface area contributed by atoms with Crippen molar-refractivity contribution in [3.63, 3.8) is 0 Å². The average Bonchev–Trinajstić information content (AvgIpc) is 3.08. The predicted octanol–water partition coefficient (Wildman–Crippen LogP) is 3.19. The Morgan fingerprint density at radius 2 is 1.72 bits per heavy atom. The Morgan fingerprint density at radius 3 is 2.50 bits per heavy atom. The lowest BCUT2D eigenvalue weighted by Gasteiger charge is -2.03. The summed E-state index contributed by atoms with van der Waals surface area (Å²) in [7, 11) is 0. The highest BCUT2D eigenvalue weighted by atomic mass is 32.1. The van der Waals surface area contributed by atoms with Crippen molar-refractivity contribution in [3.05, 3.63) is 57.8 Å². The maximum absolute atomic E-state index is 5.46. The Balaban J connectivity index is 1.76. The van der Waals surface area contributed by atoms with Gasteiger partial charge in [-0.3, -0.25) is 0 Å². The minimum Gasteiger partial charge on any atom is -0.345 e. The van der Waals surface area contributed by atoms with Gasteiger partial charge in [-0.1, -0.05) is 30.0 Å². The third kappa shape index (κ3) is 2.62. The van der Waals surface area contributed by atoms with Gasteiger partial charge >= 0.3 is 0 Å². The number of rotatable bonds is 1. The lowest BCUT2D eigenvalue weighted by Crippen LogP contribution is -1.93. The topological polar surface area (TPSA) is 18.5 Å². The highest BCUT2D eigenvalue weighted by Gasteiger charge is 2.19. The molecule has 1 aliphatic rings.